The first kappa shape index (κ1) is 19.8. The molecule has 0 spiro atoms. The van der Waals surface area contributed by atoms with Gasteiger partial charge in [0.2, 0.25) is 0 Å². The van der Waals surface area contributed by atoms with Crippen LogP contribution in [0.15, 0.2) is 45.5 Å². The maximum absolute atomic E-state index is 12.8. The Kier molecular flexibility index (Phi) is 6.11. The smallest absolute Gasteiger partial charge is 0.261 e. The van der Waals surface area contributed by atoms with Gasteiger partial charge in [-0.2, -0.15) is 0 Å². The number of hydrogen-bond donors (Lipinski definition) is 0. The monoisotopic (exact) mass is 457 g/mol. The Hall–Kier alpha value is -2.00. The molecule has 0 radical (unpaired) electrons. The Morgan fingerprint density at radius 2 is 2.00 bits per heavy atom. The lowest BCUT2D eigenvalue weighted by atomic mass is 10.2. The van der Waals surface area contributed by atoms with E-state index in [1.165, 1.54) is 12.0 Å². The Morgan fingerprint density at radius 3 is 2.59 bits per heavy atom. The van der Waals surface area contributed by atoms with Crippen LogP contribution in [0, 0.1) is 0 Å². The molecule has 0 saturated carbocycles. The minimum absolute atomic E-state index is 0.0464. The predicted octanol–water partition coefficient (Wildman–Crippen LogP) is 2.65. The van der Waals surface area contributed by atoms with Gasteiger partial charge in [0.25, 0.3) is 5.91 Å². The maximum atomic E-state index is 12.8. The molecule has 0 unspecified atom stereocenters. The zero-order valence-electron chi connectivity index (χ0n) is 14.8. The molecule has 0 aliphatic carbocycles. The van der Waals surface area contributed by atoms with Crippen LogP contribution in [-0.2, 0) is 21.2 Å². The van der Waals surface area contributed by atoms with E-state index in [9.17, 15) is 13.2 Å². The molecule has 27 heavy (non-hydrogen) atoms. The molecule has 1 aliphatic rings. The van der Waals surface area contributed by atoms with Gasteiger partial charge in [-0.15, -0.1) is 0 Å². The Labute approximate surface area is 166 Å². The number of methoxy groups -OCH3 is 1. The summed E-state index contributed by atoms with van der Waals surface area (Å²) in [6.07, 6.45) is 0.407. The van der Waals surface area contributed by atoms with Crippen molar-refractivity contribution in [2.75, 3.05) is 25.2 Å². The summed E-state index contributed by atoms with van der Waals surface area (Å²) in [6, 6.07) is 10.1. The molecule has 1 amide bonds. The third-order valence-corrected chi connectivity index (χ3v) is 6.52. The lowest BCUT2D eigenvalue weighted by molar-refractivity contribution is -0.136. The second-order valence-electron chi connectivity index (χ2n) is 6.22. The lowest BCUT2D eigenvalue weighted by Crippen LogP contribution is -2.43. The van der Waals surface area contributed by atoms with Gasteiger partial charge in [-0.1, -0.05) is 12.1 Å². The second kappa shape index (κ2) is 8.35. The summed E-state index contributed by atoms with van der Waals surface area (Å²) in [5.74, 6) is 1.27. The summed E-state index contributed by atoms with van der Waals surface area (Å²) in [7, 11) is -1.61. The van der Waals surface area contributed by atoms with Gasteiger partial charge >= 0.3 is 0 Å². The van der Waals surface area contributed by atoms with Crippen LogP contribution in [0.3, 0.4) is 0 Å². The van der Waals surface area contributed by atoms with Crippen molar-refractivity contribution >= 4 is 31.7 Å². The molecule has 7 nitrogen and oxygen atoms in total. The summed E-state index contributed by atoms with van der Waals surface area (Å²) < 4.78 is 40.6. The SMILES string of the molecule is COc1ccccc1OCC(=O)N(Cc1ccc(Br)o1)[C@H]1CCS(=O)(=O)C1. The van der Waals surface area contributed by atoms with E-state index in [-0.39, 0.29) is 30.6 Å². The van der Waals surface area contributed by atoms with Crippen LogP contribution in [0.5, 0.6) is 11.5 Å². The number of carbonyl (C=O) groups is 1. The lowest BCUT2D eigenvalue weighted by Gasteiger charge is -2.27. The summed E-state index contributed by atoms with van der Waals surface area (Å²) in [5.41, 5.74) is 0. The first-order valence-electron chi connectivity index (χ1n) is 8.38. The second-order valence-corrected chi connectivity index (χ2v) is 9.23. The van der Waals surface area contributed by atoms with E-state index in [1.54, 1.807) is 36.4 Å². The Balaban J connectivity index is 1.74. The zero-order chi connectivity index (χ0) is 19.4. The summed E-state index contributed by atoms with van der Waals surface area (Å²) in [6.45, 7) is -0.0430. The molecule has 0 N–H and O–H groups in total. The third-order valence-electron chi connectivity index (χ3n) is 4.34. The van der Waals surface area contributed by atoms with Crippen molar-refractivity contribution in [3.63, 3.8) is 0 Å². The maximum Gasteiger partial charge on any atom is 0.261 e. The van der Waals surface area contributed by atoms with Gasteiger partial charge in [-0.3, -0.25) is 4.79 Å². The predicted molar refractivity (Wildman–Crippen MR) is 103 cm³/mol. The van der Waals surface area contributed by atoms with Crippen LogP contribution < -0.4 is 9.47 Å². The summed E-state index contributed by atoms with van der Waals surface area (Å²) in [5, 5.41) is 0. The molecule has 2 aromatic rings. The highest BCUT2D eigenvalue weighted by atomic mass is 79.9. The van der Waals surface area contributed by atoms with Gasteiger partial charge in [-0.25, -0.2) is 8.42 Å². The molecule has 9 heteroatoms. The molecule has 1 aromatic heterocycles. The standard InChI is InChI=1S/C18H20BrNO6S/c1-24-15-4-2-3-5-16(15)25-11-18(21)20(10-14-6-7-17(19)26-14)13-8-9-27(22,23)12-13/h2-7,13H,8-12H2,1H3/t13-/m0/s1. The number of benzene rings is 1. The molecule has 1 aliphatic heterocycles. The first-order valence-corrected chi connectivity index (χ1v) is 11.0. The van der Waals surface area contributed by atoms with E-state index in [2.05, 4.69) is 15.9 Å². The average Bonchev–Trinajstić information content (AvgIpc) is 3.22. The fourth-order valence-electron chi connectivity index (χ4n) is 3.01. The van der Waals surface area contributed by atoms with Crippen LogP contribution in [0.25, 0.3) is 0 Å². The molecular weight excluding hydrogens is 438 g/mol. The van der Waals surface area contributed by atoms with Crippen molar-refractivity contribution in [1.82, 2.24) is 4.90 Å². The average molecular weight is 458 g/mol. The van der Waals surface area contributed by atoms with Crippen molar-refractivity contribution in [3.05, 3.63) is 46.8 Å². The van der Waals surface area contributed by atoms with Gasteiger partial charge in [-0.05, 0) is 46.6 Å². The van der Waals surface area contributed by atoms with E-state index in [0.29, 0.717) is 28.3 Å². The number of para-hydroxylation sites is 2. The van der Waals surface area contributed by atoms with E-state index in [1.807, 2.05) is 0 Å². The molecule has 1 fully saturated rings. The van der Waals surface area contributed by atoms with Crippen LogP contribution in [0.1, 0.15) is 12.2 Å². The zero-order valence-corrected chi connectivity index (χ0v) is 17.2. The van der Waals surface area contributed by atoms with Crippen molar-refractivity contribution in [1.29, 1.82) is 0 Å². The Bertz CT molecular complexity index is 910. The van der Waals surface area contributed by atoms with Crippen molar-refractivity contribution in [3.8, 4) is 11.5 Å². The summed E-state index contributed by atoms with van der Waals surface area (Å²) in [4.78, 5) is 14.4. The highest BCUT2D eigenvalue weighted by molar-refractivity contribution is 9.10. The van der Waals surface area contributed by atoms with Gasteiger partial charge in [0.1, 0.15) is 5.76 Å². The normalized spacial score (nSPS) is 18.2. The number of nitrogens with zero attached hydrogens (tertiary/aromatic N) is 1. The highest BCUT2D eigenvalue weighted by Gasteiger charge is 2.35. The number of halogens is 1. The van der Waals surface area contributed by atoms with E-state index in [0.717, 1.165) is 0 Å². The van der Waals surface area contributed by atoms with Crippen LogP contribution in [0.4, 0.5) is 0 Å². The molecule has 146 valence electrons. The van der Waals surface area contributed by atoms with Crippen LogP contribution in [-0.4, -0.2) is 50.5 Å². The van der Waals surface area contributed by atoms with Gasteiger partial charge in [0, 0.05) is 6.04 Å². The number of rotatable bonds is 7. The van der Waals surface area contributed by atoms with E-state index in [4.69, 9.17) is 13.9 Å². The number of sulfone groups is 1. The van der Waals surface area contributed by atoms with Crippen molar-refractivity contribution in [2.45, 2.75) is 19.0 Å². The number of ether oxygens (including phenoxy) is 2. The fourth-order valence-corrected chi connectivity index (χ4v) is 5.08. The summed E-state index contributed by atoms with van der Waals surface area (Å²) >= 11 is 3.23. The quantitative estimate of drug-likeness (QED) is 0.634. The minimum atomic E-state index is -3.13. The van der Waals surface area contributed by atoms with Gasteiger partial charge in [0.05, 0.1) is 25.2 Å². The van der Waals surface area contributed by atoms with Crippen molar-refractivity contribution in [2.24, 2.45) is 0 Å². The molecule has 0 bridgehead atoms. The minimum Gasteiger partial charge on any atom is -0.493 e. The van der Waals surface area contributed by atoms with Crippen LogP contribution >= 0.6 is 15.9 Å². The van der Waals surface area contributed by atoms with E-state index >= 15 is 0 Å². The largest absolute Gasteiger partial charge is 0.493 e. The number of carbonyl (C=O) groups excluding carboxylic acids is 1. The van der Waals surface area contributed by atoms with Crippen molar-refractivity contribution < 1.29 is 27.1 Å². The molecule has 1 atom stereocenters. The molecule has 1 aromatic carbocycles. The van der Waals surface area contributed by atoms with Gasteiger partial charge in [0.15, 0.2) is 32.6 Å². The molecule has 2 heterocycles. The molecule has 3 rings (SSSR count). The topological polar surface area (TPSA) is 86.1 Å². The number of hydrogen-bond acceptors (Lipinski definition) is 6. The van der Waals surface area contributed by atoms with E-state index < -0.39 is 15.9 Å². The van der Waals surface area contributed by atoms with Crippen LogP contribution in [0.2, 0.25) is 0 Å². The number of amides is 1. The number of furan rings is 1. The van der Waals surface area contributed by atoms with Gasteiger partial charge < -0.3 is 18.8 Å². The fraction of sp³-hybridized carbons (Fsp3) is 0.389. The molecule has 1 saturated heterocycles. The Morgan fingerprint density at radius 1 is 1.26 bits per heavy atom. The highest BCUT2D eigenvalue weighted by Crippen LogP contribution is 2.27. The first-order chi connectivity index (χ1) is 12.9. The molecular formula is C18H20BrNO6S. The third kappa shape index (κ3) is 5.04.